The normalized spacial score (nSPS) is 11.8. The summed E-state index contributed by atoms with van der Waals surface area (Å²) < 4.78 is 34.2. The van der Waals surface area contributed by atoms with Crippen molar-refractivity contribution < 1.29 is 13.3 Å². The zero-order valence-corrected chi connectivity index (χ0v) is 8.29. The van der Waals surface area contributed by atoms with Crippen molar-refractivity contribution in [3.63, 3.8) is 0 Å². The molecule has 0 aliphatic rings. The van der Waals surface area contributed by atoms with Gasteiger partial charge >= 0.3 is 0 Å². The van der Waals surface area contributed by atoms with Crippen molar-refractivity contribution in [1.82, 2.24) is 0 Å². The predicted octanol–water partition coefficient (Wildman–Crippen LogP) is 4.02. The van der Waals surface area contributed by atoms with Crippen LogP contribution in [0.3, 0.4) is 0 Å². The zero-order valence-electron chi connectivity index (χ0n) is 6.72. The van der Waals surface area contributed by atoms with E-state index in [2.05, 4.69) is 0 Å². The summed E-state index contributed by atoms with van der Waals surface area (Å²) in [6.07, 6.45) is 0. The fraction of sp³-hybridized carbons (Fsp3) is 0.250. The Morgan fingerprint density at radius 2 is 2.08 bits per heavy atom. The molecule has 1 aromatic carbocycles. The van der Waals surface area contributed by atoms with Crippen molar-refractivity contribution >= 4 is 23.6 Å². The highest BCUT2D eigenvalue weighted by molar-refractivity contribution is 7.93. The Balaban J connectivity index is 3.14. The van der Waals surface area contributed by atoms with Crippen LogP contribution in [0.4, 0.5) is 8.78 Å². The Bertz CT molecular complexity index is 312. The maximum absolute atomic E-state index is 12.8. The summed E-state index contributed by atoms with van der Waals surface area (Å²) in [5.74, 6) is -2.91. The van der Waals surface area contributed by atoms with Crippen LogP contribution in [0.1, 0.15) is 12.5 Å². The van der Waals surface area contributed by atoms with Crippen LogP contribution in [0.15, 0.2) is 23.1 Å². The van der Waals surface area contributed by atoms with Gasteiger partial charge in [0, 0.05) is 24.5 Å². The highest BCUT2D eigenvalue weighted by atomic mass is 35.5. The molecule has 0 saturated heterocycles. The third-order valence-electron chi connectivity index (χ3n) is 1.54. The van der Waals surface area contributed by atoms with E-state index in [-0.39, 0.29) is 15.5 Å². The summed E-state index contributed by atoms with van der Waals surface area (Å²) >= 11 is 5.98. The lowest BCUT2D eigenvalue weighted by Crippen LogP contribution is -2.06. The van der Waals surface area contributed by atoms with Crippen LogP contribution in [0.25, 0.3) is 0 Å². The molecule has 0 aromatic heterocycles. The summed E-state index contributed by atoms with van der Waals surface area (Å²) in [4.78, 5) is 0.237. The largest absolute Gasteiger partial charge is 0.325 e. The Labute approximate surface area is 83.9 Å². The van der Waals surface area contributed by atoms with Gasteiger partial charge in [-0.05, 0) is 12.1 Å². The van der Waals surface area contributed by atoms with E-state index in [1.807, 2.05) is 0 Å². The molecule has 0 heterocycles. The first-order chi connectivity index (χ1) is 5.95. The Hall–Kier alpha value is -0.320. The van der Waals surface area contributed by atoms with Gasteiger partial charge in [-0.25, -0.2) is 8.78 Å². The summed E-state index contributed by atoms with van der Waals surface area (Å²) in [5.41, 5.74) is -0.159. The lowest BCUT2D eigenvalue weighted by Gasteiger charge is -2.11. The molecule has 72 valence electrons. The molecular formula is C8H7ClF2OS. The lowest BCUT2D eigenvalue weighted by atomic mass is 10.1. The van der Waals surface area contributed by atoms with E-state index in [1.165, 1.54) is 18.2 Å². The van der Waals surface area contributed by atoms with Gasteiger partial charge in [0.15, 0.2) is 0 Å². The molecule has 1 N–H and O–H groups in total. The first-order valence-corrected chi connectivity index (χ1v) is 4.59. The SMILES string of the molecule is CC(F)(F)c1ccc(Cl)c(SO)c1. The van der Waals surface area contributed by atoms with Gasteiger partial charge in [0.25, 0.3) is 5.92 Å². The second-order valence-corrected chi connectivity index (χ2v) is 3.65. The highest BCUT2D eigenvalue weighted by Crippen LogP contribution is 2.33. The van der Waals surface area contributed by atoms with Crippen molar-refractivity contribution in [2.75, 3.05) is 0 Å². The minimum Gasteiger partial charge on any atom is -0.325 e. The Morgan fingerprint density at radius 3 is 2.54 bits per heavy atom. The molecule has 1 aromatic rings. The number of rotatable bonds is 2. The molecule has 0 atom stereocenters. The topological polar surface area (TPSA) is 20.2 Å². The maximum Gasteiger partial charge on any atom is 0.270 e. The molecular weight excluding hydrogens is 218 g/mol. The molecule has 5 heteroatoms. The molecule has 0 radical (unpaired) electrons. The average molecular weight is 225 g/mol. The van der Waals surface area contributed by atoms with E-state index in [4.69, 9.17) is 16.2 Å². The zero-order chi connectivity index (χ0) is 10.1. The number of benzene rings is 1. The third-order valence-corrected chi connectivity index (χ3v) is 2.51. The highest BCUT2D eigenvalue weighted by Gasteiger charge is 2.24. The van der Waals surface area contributed by atoms with Crippen molar-refractivity contribution in [3.8, 4) is 0 Å². The van der Waals surface area contributed by atoms with Crippen LogP contribution in [-0.4, -0.2) is 4.55 Å². The van der Waals surface area contributed by atoms with Crippen LogP contribution in [0.5, 0.6) is 0 Å². The number of halogens is 3. The van der Waals surface area contributed by atoms with Crippen LogP contribution in [-0.2, 0) is 5.92 Å². The standard InChI is InChI=1S/C8H7ClF2OS/c1-8(10,11)5-2-3-6(9)7(4-5)13-12/h2-4,12H,1H3. The monoisotopic (exact) mass is 224 g/mol. The smallest absolute Gasteiger partial charge is 0.270 e. The fourth-order valence-corrected chi connectivity index (χ4v) is 1.40. The van der Waals surface area contributed by atoms with Crippen LogP contribution >= 0.6 is 23.6 Å². The van der Waals surface area contributed by atoms with Crippen LogP contribution in [0, 0.1) is 0 Å². The van der Waals surface area contributed by atoms with Gasteiger partial charge in [-0.1, -0.05) is 17.7 Å². The van der Waals surface area contributed by atoms with Gasteiger partial charge in [-0.3, -0.25) is 0 Å². The average Bonchev–Trinajstić information content (AvgIpc) is 2.03. The van der Waals surface area contributed by atoms with Crippen molar-refractivity contribution in [1.29, 1.82) is 0 Å². The summed E-state index contributed by atoms with van der Waals surface area (Å²) in [6.45, 7) is 0.794. The van der Waals surface area contributed by atoms with E-state index < -0.39 is 5.92 Å². The molecule has 0 unspecified atom stereocenters. The van der Waals surface area contributed by atoms with Gasteiger partial charge < -0.3 is 4.55 Å². The molecule has 0 amide bonds. The molecule has 0 saturated carbocycles. The van der Waals surface area contributed by atoms with Crippen LogP contribution < -0.4 is 0 Å². The number of alkyl halides is 2. The maximum atomic E-state index is 12.8. The molecule has 0 aliphatic heterocycles. The van der Waals surface area contributed by atoms with E-state index in [0.717, 1.165) is 6.92 Å². The number of hydrogen-bond acceptors (Lipinski definition) is 2. The summed E-state index contributed by atoms with van der Waals surface area (Å²) in [7, 11) is 0. The van der Waals surface area contributed by atoms with Gasteiger partial charge in [0.1, 0.15) is 0 Å². The minimum absolute atomic E-state index is 0.159. The van der Waals surface area contributed by atoms with Gasteiger partial charge in [-0.2, -0.15) is 0 Å². The summed E-state index contributed by atoms with van der Waals surface area (Å²) in [5, 5.41) is 0.264. The van der Waals surface area contributed by atoms with Crippen molar-refractivity contribution in [2.24, 2.45) is 0 Å². The van der Waals surface area contributed by atoms with Gasteiger partial charge in [0.05, 0.1) is 9.92 Å². The molecule has 0 aliphatic carbocycles. The quantitative estimate of drug-likeness (QED) is 0.766. The van der Waals surface area contributed by atoms with Crippen LogP contribution in [0.2, 0.25) is 5.02 Å². The second kappa shape index (κ2) is 3.82. The second-order valence-electron chi connectivity index (χ2n) is 2.62. The number of hydrogen-bond donors (Lipinski definition) is 1. The first kappa shape index (κ1) is 10.8. The molecule has 0 bridgehead atoms. The fourth-order valence-electron chi connectivity index (χ4n) is 0.846. The molecule has 0 fully saturated rings. The lowest BCUT2D eigenvalue weighted by molar-refractivity contribution is 0.0172. The van der Waals surface area contributed by atoms with Crippen molar-refractivity contribution in [3.05, 3.63) is 28.8 Å². The third kappa shape index (κ3) is 2.56. The van der Waals surface area contributed by atoms with Crippen molar-refractivity contribution in [2.45, 2.75) is 17.7 Å². The van der Waals surface area contributed by atoms with Gasteiger partial charge in [-0.15, -0.1) is 0 Å². The molecule has 0 spiro atoms. The molecule has 1 nitrogen and oxygen atoms in total. The minimum atomic E-state index is -2.91. The van der Waals surface area contributed by atoms with E-state index in [0.29, 0.717) is 12.0 Å². The van der Waals surface area contributed by atoms with E-state index in [1.54, 1.807) is 0 Å². The van der Waals surface area contributed by atoms with E-state index in [9.17, 15) is 8.78 Å². The first-order valence-electron chi connectivity index (χ1n) is 3.44. The van der Waals surface area contributed by atoms with E-state index >= 15 is 0 Å². The molecule has 1 rings (SSSR count). The van der Waals surface area contributed by atoms with Gasteiger partial charge in [0.2, 0.25) is 0 Å². The Morgan fingerprint density at radius 1 is 1.46 bits per heavy atom. The predicted molar refractivity (Wildman–Crippen MR) is 49.5 cm³/mol. The molecule has 13 heavy (non-hydrogen) atoms. The Kier molecular flexibility index (Phi) is 3.16. The summed E-state index contributed by atoms with van der Waals surface area (Å²) in [6, 6.07) is 3.75.